The van der Waals surface area contributed by atoms with Crippen LogP contribution < -0.4 is 5.32 Å². The summed E-state index contributed by atoms with van der Waals surface area (Å²) in [6.45, 7) is 2.95. The molecule has 104 valence electrons. The Morgan fingerprint density at radius 1 is 1.42 bits per heavy atom. The standard InChI is InChI=1S/C15H22N2O2/c1-2-7-17(15(18)14-4-3-8-19-14)13-9-11-5-6-12(10-13)16-11/h3-4,8,11-13,16H,2,5-7,9-10H2,1H3. The van der Waals surface area contributed by atoms with Gasteiger partial charge in [0.15, 0.2) is 5.76 Å². The third-order valence-electron chi connectivity index (χ3n) is 4.35. The summed E-state index contributed by atoms with van der Waals surface area (Å²) in [6.07, 6.45) is 7.26. The lowest BCUT2D eigenvalue weighted by Crippen LogP contribution is -2.50. The molecule has 4 nitrogen and oxygen atoms in total. The van der Waals surface area contributed by atoms with Gasteiger partial charge in [0.1, 0.15) is 0 Å². The summed E-state index contributed by atoms with van der Waals surface area (Å²) < 4.78 is 5.28. The molecule has 2 unspecified atom stereocenters. The molecule has 2 aliphatic rings. The number of carbonyl (C=O) groups excluding carboxylic acids is 1. The molecule has 0 aromatic carbocycles. The normalized spacial score (nSPS) is 29.4. The molecule has 19 heavy (non-hydrogen) atoms. The van der Waals surface area contributed by atoms with Crippen molar-refractivity contribution < 1.29 is 9.21 Å². The molecular weight excluding hydrogens is 240 g/mol. The topological polar surface area (TPSA) is 45.5 Å². The van der Waals surface area contributed by atoms with E-state index in [1.807, 2.05) is 4.90 Å². The molecule has 1 aromatic heterocycles. The molecule has 3 heterocycles. The maximum atomic E-state index is 12.5. The Balaban J connectivity index is 1.75. The van der Waals surface area contributed by atoms with E-state index >= 15 is 0 Å². The first-order valence-electron chi connectivity index (χ1n) is 7.38. The van der Waals surface area contributed by atoms with Crippen LogP contribution in [0.1, 0.15) is 49.6 Å². The quantitative estimate of drug-likeness (QED) is 0.906. The van der Waals surface area contributed by atoms with Gasteiger partial charge in [-0.05, 0) is 44.2 Å². The second kappa shape index (κ2) is 5.37. The summed E-state index contributed by atoms with van der Waals surface area (Å²) in [6, 6.07) is 5.13. The van der Waals surface area contributed by atoms with E-state index in [0.717, 1.165) is 25.8 Å². The van der Waals surface area contributed by atoms with Gasteiger partial charge in [-0.3, -0.25) is 4.79 Å². The molecule has 0 radical (unpaired) electrons. The number of nitrogens with one attached hydrogen (secondary N) is 1. The van der Waals surface area contributed by atoms with Crippen LogP contribution in [0.2, 0.25) is 0 Å². The van der Waals surface area contributed by atoms with Crippen molar-refractivity contribution >= 4 is 5.91 Å². The molecule has 0 aliphatic carbocycles. The van der Waals surface area contributed by atoms with E-state index in [2.05, 4.69) is 12.2 Å². The molecular formula is C15H22N2O2. The summed E-state index contributed by atoms with van der Waals surface area (Å²) >= 11 is 0. The van der Waals surface area contributed by atoms with Crippen LogP contribution in [0.5, 0.6) is 0 Å². The zero-order chi connectivity index (χ0) is 13.2. The Morgan fingerprint density at radius 2 is 2.16 bits per heavy atom. The van der Waals surface area contributed by atoms with Crippen molar-refractivity contribution in [1.29, 1.82) is 0 Å². The van der Waals surface area contributed by atoms with Gasteiger partial charge in [0.05, 0.1) is 6.26 Å². The Labute approximate surface area is 114 Å². The lowest BCUT2D eigenvalue weighted by atomic mass is 9.97. The lowest BCUT2D eigenvalue weighted by Gasteiger charge is -2.37. The molecule has 2 saturated heterocycles. The van der Waals surface area contributed by atoms with Gasteiger partial charge in [0, 0.05) is 24.7 Å². The number of hydrogen-bond acceptors (Lipinski definition) is 3. The van der Waals surface area contributed by atoms with Crippen molar-refractivity contribution in [2.75, 3.05) is 6.54 Å². The Morgan fingerprint density at radius 3 is 2.74 bits per heavy atom. The minimum absolute atomic E-state index is 0.0538. The highest BCUT2D eigenvalue weighted by molar-refractivity contribution is 5.91. The monoisotopic (exact) mass is 262 g/mol. The van der Waals surface area contributed by atoms with Gasteiger partial charge in [-0.25, -0.2) is 0 Å². The fourth-order valence-electron chi connectivity index (χ4n) is 3.51. The van der Waals surface area contributed by atoms with Crippen molar-refractivity contribution in [3.8, 4) is 0 Å². The predicted molar refractivity (Wildman–Crippen MR) is 73.0 cm³/mol. The first kappa shape index (κ1) is 12.7. The van der Waals surface area contributed by atoms with Gasteiger partial charge in [-0.15, -0.1) is 0 Å². The van der Waals surface area contributed by atoms with E-state index in [1.165, 1.54) is 12.8 Å². The van der Waals surface area contributed by atoms with Gasteiger partial charge in [-0.2, -0.15) is 0 Å². The van der Waals surface area contributed by atoms with Crippen LogP contribution in [-0.4, -0.2) is 35.5 Å². The van der Waals surface area contributed by atoms with Gasteiger partial charge >= 0.3 is 0 Å². The molecule has 2 atom stereocenters. The number of nitrogens with zero attached hydrogens (tertiary/aromatic N) is 1. The summed E-state index contributed by atoms with van der Waals surface area (Å²) in [5, 5.41) is 3.63. The molecule has 0 spiro atoms. The fourth-order valence-corrected chi connectivity index (χ4v) is 3.51. The maximum absolute atomic E-state index is 12.5. The van der Waals surface area contributed by atoms with Crippen molar-refractivity contribution in [2.24, 2.45) is 0 Å². The van der Waals surface area contributed by atoms with Crippen molar-refractivity contribution in [2.45, 2.75) is 57.2 Å². The second-order valence-electron chi connectivity index (χ2n) is 5.74. The average molecular weight is 262 g/mol. The zero-order valence-corrected chi connectivity index (χ0v) is 11.5. The Kier molecular flexibility index (Phi) is 3.60. The summed E-state index contributed by atoms with van der Waals surface area (Å²) in [7, 11) is 0. The SMILES string of the molecule is CCCN(C(=O)c1ccco1)C1CC2CCC(C1)N2. The van der Waals surface area contributed by atoms with Crippen LogP contribution in [0, 0.1) is 0 Å². The summed E-state index contributed by atoms with van der Waals surface area (Å²) in [4.78, 5) is 14.6. The van der Waals surface area contributed by atoms with Crippen LogP contribution in [0.3, 0.4) is 0 Å². The smallest absolute Gasteiger partial charge is 0.289 e. The summed E-state index contributed by atoms with van der Waals surface area (Å²) in [5.41, 5.74) is 0. The molecule has 2 fully saturated rings. The van der Waals surface area contributed by atoms with Crippen LogP contribution in [0.25, 0.3) is 0 Å². The second-order valence-corrected chi connectivity index (χ2v) is 5.74. The van der Waals surface area contributed by atoms with E-state index in [9.17, 15) is 4.79 Å². The third kappa shape index (κ3) is 2.54. The van der Waals surface area contributed by atoms with Gasteiger partial charge < -0.3 is 14.6 Å². The minimum Gasteiger partial charge on any atom is -0.459 e. The number of furan rings is 1. The lowest BCUT2D eigenvalue weighted by molar-refractivity contribution is 0.0584. The van der Waals surface area contributed by atoms with Gasteiger partial charge in [0.2, 0.25) is 0 Å². The third-order valence-corrected chi connectivity index (χ3v) is 4.35. The largest absolute Gasteiger partial charge is 0.459 e. The first-order chi connectivity index (χ1) is 9.28. The van der Waals surface area contributed by atoms with Crippen molar-refractivity contribution in [3.05, 3.63) is 24.2 Å². The van der Waals surface area contributed by atoms with Crippen LogP contribution in [0.15, 0.2) is 22.8 Å². The fraction of sp³-hybridized carbons (Fsp3) is 0.667. The van der Waals surface area contributed by atoms with Crippen LogP contribution in [-0.2, 0) is 0 Å². The molecule has 4 heteroatoms. The molecule has 1 N–H and O–H groups in total. The van der Waals surface area contributed by atoms with Crippen molar-refractivity contribution in [3.63, 3.8) is 0 Å². The number of piperidine rings is 1. The molecule has 0 saturated carbocycles. The Hall–Kier alpha value is -1.29. The molecule has 2 bridgehead atoms. The van der Waals surface area contributed by atoms with Crippen LogP contribution >= 0.6 is 0 Å². The summed E-state index contributed by atoms with van der Waals surface area (Å²) in [5.74, 6) is 0.525. The highest BCUT2D eigenvalue weighted by atomic mass is 16.3. The molecule has 1 aromatic rings. The van der Waals surface area contributed by atoms with Crippen molar-refractivity contribution in [1.82, 2.24) is 10.2 Å². The van der Waals surface area contributed by atoms with Gasteiger partial charge in [0.25, 0.3) is 5.91 Å². The highest BCUT2D eigenvalue weighted by Crippen LogP contribution is 2.30. The van der Waals surface area contributed by atoms with Gasteiger partial charge in [-0.1, -0.05) is 6.92 Å². The van der Waals surface area contributed by atoms with E-state index < -0.39 is 0 Å². The number of amides is 1. The number of hydrogen-bond donors (Lipinski definition) is 1. The first-order valence-corrected chi connectivity index (χ1v) is 7.38. The Bertz CT molecular complexity index is 417. The van der Waals surface area contributed by atoms with Crippen LogP contribution in [0.4, 0.5) is 0 Å². The highest BCUT2D eigenvalue weighted by Gasteiger charge is 2.37. The number of carbonyl (C=O) groups is 1. The predicted octanol–water partition coefficient (Wildman–Crippen LogP) is 2.41. The molecule has 2 aliphatic heterocycles. The van der Waals surface area contributed by atoms with E-state index in [0.29, 0.717) is 23.9 Å². The van der Waals surface area contributed by atoms with E-state index in [4.69, 9.17) is 4.42 Å². The number of rotatable bonds is 4. The maximum Gasteiger partial charge on any atom is 0.289 e. The average Bonchev–Trinajstić information content (AvgIpc) is 3.05. The van der Waals surface area contributed by atoms with E-state index in [-0.39, 0.29) is 5.91 Å². The van der Waals surface area contributed by atoms with E-state index in [1.54, 1.807) is 18.4 Å². The molecule has 1 amide bonds. The zero-order valence-electron chi connectivity index (χ0n) is 11.5. The molecule has 3 rings (SSSR count). The minimum atomic E-state index is 0.0538. The number of fused-ring (bicyclic) bond motifs is 2.